The van der Waals surface area contributed by atoms with E-state index in [0.29, 0.717) is 13.0 Å². The van der Waals surface area contributed by atoms with E-state index < -0.39 is 27.4 Å². The standard InChI is InChI=1S/C14H22NO5P/c1-2-3-4-5-9-18-21(19-10-6-8-15)20-12-14-13(16)7-11-17-14/h2-4,13-14,16H,1,5-7,9-12H2/b4-3+/i11T. The first-order valence-corrected chi connectivity index (χ1v) is 7.86. The maximum atomic E-state index is 9.70. The summed E-state index contributed by atoms with van der Waals surface area (Å²) in [5.41, 5.74) is 0. The van der Waals surface area contributed by atoms with Gasteiger partial charge in [-0.25, -0.2) is 0 Å². The zero-order valence-electron chi connectivity index (χ0n) is 12.9. The maximum Gasteiger partial charge on any atom is 0.332 e. The van der Waals surface area contributed by atoms with Crippen LogP contribution >= 0.6 is 8.60 Å². The fraction of sp³-hybridized carbons (Fsp3) is 0.643. The molecular formula is C14H22NO5P. The van der Waals surface area contributed by atoms with Crippen molar-refractivity contribution in [1.82, 2.24) is 0 Å². The van der Waals surface area contributed by atoms with E-state index in [1.54, 1.807) is 6.08 Å². The predicted octanol–water partition coefficient (Wildman–Crippen LogP) is 2.46. The van der Waals surface area contributed by atoms with E-state index >= 15 is 0 Å². The molecule has 0 saturated carbocycles. The lowest BCUT2D eigenvalue weighted by Gasteiger charge is -2.19. The highest BCUT2D eigenvalue weighted by atomic mass is 31.2. The average molecular weight is 317 g/mol. The van der Waals surface area contributed by atoms with Crippen LogP contribution < -0.4 is 0 Å². The SMILES string of the molecule is [3H]C1CC(O)C(COP(OCCC#N)OCC/C=C/C=C)O1. The van der Waals surface area contributed by atoms with Gasteiger partial charge in [0.1, 0.15) is 6.10 Å². The van der Waals surface area contributed by atoms with E-state index in [0.717, 1.165) is 0 Å². The van der Waals surface area contributed by atoms with Crippen LogP contribution in [0.4, 0.5) is 0 Å². The first-order valence-electron chi connectivity index (χ1n) is 7.34. The molecule has 0 aromatic rings. The fourth-order valence-corrected chi connectivity index (χ4v) is 2.46. The van der Waals surface area contributed by atoms with E-state index in [4.69, 9.17) is 24.9 Å². The number of nitriles is 1. The van der Waals surface area contributed by atoms with Gasteiger partial charge in [0.05, 0.1) is 39.8 Å². The molecule has 118 valence electrons. The molecule has 0 amide bonds. The Hall–Kier alpha value is -0.800. The molecule has 4 unspecified atom stereocenters. The molecule has 1 saturated heterocycles. The van der Waals surface area contributed by atoms with Crippen molar-refractivity contribution in [3.63, 3.8) is 0 Å². The molecule has 0 aromatic carbocycles. The number of allylic oxidation sites excluding steroid dienone is 2. The van der Waals surface area contributed by atoms with Gasteiger partial charge in [-0.3, -0.25) is 0 Å². The van der Waals surface area contributed by atoms with Gasteiger partial charge >= 0.3 is 8.60 Å². The normalized spacial score (nSPS) is 27.4. The monoisotopic (exact) mass is 317 g/mol. The van der Waals surface area contributed by atoms with Crippen LogP contribution in [0.1, 0.15) is 20.6 Å². The second-order valence-electron chi connectivity index (χ2n) is 4.19. The average Bonchev–Trinajstić information content (AvgIpc) is 2.82. The molecule has 1 aliphatic rings. The van der Waals surface area contributed by atoms with Gasteiger partial charge in [-0.1, -0.05) is 24.8 Å². The van der Waals surface area contributed by atoms with Crippen molar-refractivity contribution in [2.75, 3.05) is 26.4 Å². The van der Waals surface area contributed by atoms with Gasteiger partial charge in [0.25, 0.3) is 0 Å². The first kappa shape index (κ1) is 16.6. The van der Waals surface area contributed by atoms with Crippen molar-refractivity contribution >= 4 is 8.60 Å². The lowest BCUT2D eigenvalue weighted by atomic mass is 10.2. The summed E-state index contributed by atoms with van der Waals surface area (Å²) in [6.07, 6.45) is 5.36. The van der Waals surface area contributed by atoms with E-state index in [1.165, 1.54) is 0 Å². The summed E-state index contributed by atoms with van der Waals surface area (Å²) in [6, 6.07) is 1.98. The van der Waals surface area contributed by atoms with Crippen molar-refractivity contribution in [2.45, 2.75) is 31.5 Å². The van der Waals surface area contributed by atoms with E-state index in [1.807, 2.05) is 18.2 Å². The molecule has 0 bridgehead atoms. The fourth-order valence-electron chi connectivity index (χ4n) is 1.47. The number of hydrogen-bond donors (Lipinski definition) is 1. The molecule has 1 heterocycles. The van der Waals surface area contributed by atoms with E-state index in [9.17, 15) is 5.11 Å². The molecular weight excluding hydrogens is 293 g/mol. The number of rotatable bonds is 11. The van der Waals surface area contributed by atoms with Crippen LogP contribution in [0.3, 0.4) is 0 Å². The summed E-state index contributed by atoms with van der Waals surface area (Å²) in [5, 5.41) is 18.2. The molecule has 7 heteroatoms. The second kappa shape index (κ2) is 11.8. The third-order valence-corrected chi connectivity index (χ3v) is 3.69. The minimum atomic E-state index is -1.61. The molecule has 1 rings (SSSR count). The van der Waals surface area contributed by atoms with Crippen LogP contribution in [0.15, 0.2) is 24.8 Å². The van der Waals surface area contributed by atoms with E-state index in [2.05, 4.69) is 6.58 Å². The van der Waals surface area contributed by atoms with Crippen LogP contribution in [0.2, 0.25) is 0 Å². The Morgan fingerprint density at radius 1 is 1.48 bits per heavy atom. The second-order valence-corrected chi connectivity index (χ2v) is 5.41. The van der Waals surface area contributed by atoms with E-state index in [-0.39, 0.29) is 26.1 Å². The number of hydrogen-bond acceptors (Lipinski definition) is 6. The van der Waals surface area contributed by atoms with Gasteiger partial charge < -0.3 is 23.4 Å². The molecule has 1 N–H and O–H groups in total. The minimum absolute atomic E-state index is 0.0945. The first-order chi connectivity index (χ1) is 10.7. The minimum Gasteiger partial charge on any atom is -0.390 e. The van der Waals surface area contributed by atoms with Crippen LogP contribution in [-0.4, -0.2) is 43.7 Å². The topological polar surface area (TPSA) is 80.9 Å². The van der Waals surface area contributed by atoms with Gasteiger partial charge in [-0.05, 0) is 12.8 Å². The molecule has 0 aliphatic carbocycles. The number of ether oxygens (including phenoxy) is 1. The van der Waals surface area contributed by atoms with Gasteiger partial charge in [-0.15, -0.1) is 0 Å². The van der Waals surface area contributed by atoms with Crippen LogP contribution in [0.5, 0.6) is 0 Å². The Morgan fingerprint density at radius 2 is 2.29 bits per heavy atom. The molecule has 4 atom stereocenters. The van der Waals surface area contributed by atoms with Crippen LogP contribution in [-0.2, 0) is 18.3 Å². The molecule has 1 fully saturated rings. The van der Waals surface area contributed by atoms with Gasteiger partial charge in [0.15, 0.2) is 0 Å². The summed E-state index contributed by atoms with van der Waals surface area (Å²) >= 11 is 0. The molecule has 0 radical (unpaired) electrons. The van der Waals surface area contributed by atoms with Crippen molar-refractivity contribution in [2.24, 2.45) is 0 Å². The number of aliphatic hydroxyl groups excluding tert-OH is 1. The van der Waals surface area contributed by atoms with Crippen molar-refractivity contribution in [3.05, 3.63) is 24.8 Å². The lowest BCUT2D eigenvalue weighted by Crippen LogP contribution is -2.25. The molecule has 6 nitrogen and oxygen atoms in total. The Kier molecular flexibility index (Phi) is 9.32. The van der Waals surface area contributed by atoms with Gasteiger partial charge in [-0.2, -0.15) is 5.26 Å². The largest absolute Gasteiger partial charge is 0.390 e. The maximum absolute atomic E-state index is 9.70. The van der Waals surface area contributed by atoms with Crippen molar-refractivity contribution in [1.29, 1.82) is 5.26 Å². The number of aliphatic hydroxyl groups is 1. The number of nitrogens with zero attached hydrogens (tertiary/aromatic N) is 1. The van der Waals surface area contributed by atoms with Gasteiger partial charge in [0.2, 0.25) is 0 Å². The summed E-state index contributed by atoms with van der Waals surface area (Å²) in [6.45, 7) is 3.58. The predicted molar refractivity (Wildman–Crippen MR) is 79.3 cm³/mol. The van der Waals surface area contributed by atoms with Crippen LogP contribution in [0, 0.1) is 11.3 Å². The Bertz CT molecular complexity index is 390. The third kappa shape index (κ3) is 8.27. The zero-order valence-corrected chi connectivity index (χ0v) is 12.8. The zero-order chi connectivity index (χ0) is 16.2. The summed E-state index contributed by atoms with van der Waals surface area (Å²) in [7, 11) is -1.61. The van der Waals surface area contributed by atoms with Crippen LogP contribution in [0.25, 0.3) is 0 Å². The summed E-state index contributed by atoms with van der Waals surface area (Å²) in [5.74, 6) is 0. The Labute approximate surface area is 128 Å². The third-order valence-electron chi connectivity index (χ3n) is 2.55. The van der Waals surface area contributed by atoms with Crippen molar-refractivity contribution < 1.29 is 24.8 Å². The highest BCUT2D eigenvalue weighted by Crippen LogP contribution is 2.40. The summed E-state index contributed by atoms with van der Waals surface area (Å²) in [4.78, 5) is 0. The smallest absolute Gasteiger partial charge is 0.332 e. The Morgan fingerprint density at radius 3 is 2.95 bits per heavy atom. The molecule has 0 aromatic heterocycles. The highest BCUT2D eigenvalue weighted by Gasteiger charge is 2.28. The van der Waals surface area contributed by atoms with Gasteiger partial charge in [0, 0.05) is 6.58 Å². The quantitative estimate of drug-likeness (QED) is 0.358. The Balaban J connectivity index is 2.31. The van der Waals surface area contributed by atoms with Crippen molar-refractivity contribution in [3.8, 4) is 6.07 Å². The molecule has 0 spiro atoms. The lowest BCUT2D eigenvalue weighted by molar-refractivity contribution is 0.00413. The molecule has 21 heavy (non-hydrogen) atoms. The summed E-state index contributed by atoms with van der Waals surface area (Å²) < 4.78 is 29.0. The highest BCUT2D eigenvalue weighted by molar-refractivity contribution is 7.41. The molecule has 1 aliphatic heterocycles.